The van der Waals surface area contributed by atoms with Gasteiger partial charge in [0.2, 0.25) is 5.91 Å². The highest BCUT2D eigenvalue weighted by Crippen LogP contribution is 2.17. The Morgan fingerprint density at radius 1 is 1.07 bits per heavy atom. The van der Waals surface area contributed by atoms with Gasteiger partial charge in [0.25, 0.3) is 5.91 Å². The molecule has 28 heavy (non-hydrogen) atoms. The molecule has 0 saturated carbocycles. The van der Waals surface area contributed by atoms with Crippen molar-refractivity contribution in [1.82, 2.24) is 24.9 Å². The van der Waals surface area contributed by atoms with Gasteiger partial charge < -0.3 is 10.6 Å². The second-order valence-corrected chi connectivity index (χ2v) is 6.47. The van der Waals surface area contributed by atoms with Gasteiger partial charge in [0, 0.05) is 24.7 Å². The summed E-state index contributed by atoms with van der Waals surface area (Å²) in [5, 5.41) is 14.4. The summed E-state index contributed by atoms with van der Waals surface area (Å²) in [7, 11) is 0. The quantitative estimate of drug-likeness (QED) is 0.658. The van der Waals surface area contributed by atoms with Crippen molar-refractivity contribution in [3.05, 3.63) is 59.5 Å². The topological polar surface area (TPSA) is 93.8 Å². The molecule has 0 unspecified atom stereocenters. The van der Waals surface area contributed by atoms with Crippen LogP contribution in [0.15, 0.2) is 42.5 Å². The van der Waals surface area contributed by atoms with Crippen LogP contribution in [-0.4, -0.2) is 37.9 Å². The Labute approximate surface area is 163 Å². The molecule has 0 aliphatic heterocycles. The number of amides is 2. The highest BCUT2D eigenvalue weighted by molar-refractivity contribution is 5.95. The van der Waals surface area contributed by atoms with Crippen LogP contribution in [0.2, 0.25) is 0 Å². The molecule has 0 spiro atoms. The van der Waals surface area contributed by atoms with Gasteiger partial charge in [0.15, 0.2) is 5.69 Å². The number of aromatic nitrogens is 4. The molecular formula is C20H24N6O2. The molecule has 2 amide bonds. The molecule has 0 aliphatic rings. The number of hydrogen-bond acceptors (Lipinski definition) is 4. The van der Waals surface area contributed by atoms with Crippen molar-refractivity contribution in [3.8, 4) is 5.69 Å². The van der Waals surface area contributed by atoms with E-state index in [-0.39, 0.29) is 17.5 Å². The van der Waals surface area contributed by atoms with Crippen LogP contribution in [0.4, 0.5) is 5.82 Å². The lowest BCUT2D eigenvalue weighted by Crippen LogP contribution is -2.28. The van der Waals surface area contributed by atoms with Gasteiger partial charge >= 0.3 is 0 Å². The van der Waals surface area contributed by atoms with E-state index in [0.29, 0.717) is 25.3 Å². The van der Waals surface area contributed by atoms with E-state index in [1.54, 1.807) is 17.7 Å². The maximum atomic E-state index is 12.5. The standard InChI is InChI=1S/C20H24N6O2/c1-4-19(27)22-18-13-17(24-26(18)16-8-6-5-7-9-16)20(28)21-10-11-25-15(3)12-14(2)23-25/h5-9,12-13H,4,10-11H2,1-3H3,(H,21,28)(H,22,27). The molecule has 146 valence electrons. The third kappa shape index (κ3) is 4.46. The molecule has 2 aromatic heterocycles. The molecule has 8 nitrogen and oxygen atoms in total. The maximum absolute atomic E-state index is 12.5. The van der Waals surface area contributed by atoms with E-state index in [0.717, 1.165) is 17.1 Å². The first-order chi connectivity index (χ1) is 13.5. The number of nitrogens with zero attached hydrogens (tertiary/aromatic N) is 4. The first-order valence-electron chi connectivity index (χ1n) is 9.22. The molecule has 3 aromatic rings. The third-order valence-corrected chi connectivity index (χ3v) is 4.24. The monoisotopic (exact) mass is 380 g/mol. The summed E-state index contributed by atoms with van der Waals surface area (Å²) in [4.78, 5) is 24.4. The maximum Gasteiger partial charge on any atom is 0.271 e. The van der Waals surface area contributed by atoms with Crippen LogP contribution in [0, 0.1) is 13.8 Å². The SMILES string of the molecule is CCC(=O)Nc1cc(C(=O)NCCn2nc(C)cc2C)nn1-c1ccccc1. The minimum atomic E-state index is -0.303. The highest BCUT2D eigenvalue weighted by atomic mass is 16.2. The molecule has 0 saturated heterocycles. The highest BCUT2D eigenvalue weighted by Gasteiger charge is 2.16. The van der Waals surface area contributed by atoms with E-state index in [2.05, 4.69) is 20.8 Å². The van der Waals surface area contributed by atoms with Gasteiger partial charge in [0.05, 0.1) is 17.9 Å². The Kier molecular flexibility index (Phi) is 5.88. The first-order valence-corrected chi connectivity index (χ1v) is 9.22. The van der Waals surface area contributed by atoms with Gasteiger partial charge in [-0.2, -0.15) is 10.2 Å². The minimum Gasteiger partial charge on any atom is -0.349 e. The van der Waals surface area contributed by atoms with Crippen molar-refractivity contribution in [2.75, 3.05) is 11.9 Å². The van der Waals surface area contributed by atoms with Gasteiger partial charge in [0.1, 0.15) is 5.82 Å². The largest absolute Gasteiger partial charge is 0.349 e. The molecule has 2 N–H and O–H groups in total. The van der Waals surface area contributed by atoms with E-state index < -0.39 is 0 Å². The lowest BCUT2D eigenvalue weighted by Gasteiger charge is -2.07. The Morgan fingerprint density at radius 3 is 2.46 bits per heavy atom. The van der Waals surface area contributed by atoms with Crippen molar-refractivity contribution >= 4 is 17.6 Å². The molecular weight excluding hydrogens is 356 g/mol. The summed E-state index contributed by atoms with van der Waals surface area (Å²) in [5.41, 5.74) is 2.99. The molecule has 1 aromatic carbocycles. The summed E-state index contributed by atoms with van der Waals surface area (Å²) in [6.07, 6.45) is 0.337. The summed E-state index contributed by atoms with van der Waals surface area (Å²) >= 11 is 0. The number of rotatable bonds is 7. The molecule has 0 bridgehead atoms. The van der Waals surface area contributed by atoms with Crippen LogP contribution >= 0.6 is 0 Å². The fraction of sp³-hybridized carbons (Fsp3) is 0.300. The summed E-state index contributed by atoms with van der Waals surface area (Å²) in [5.74, 6) is 0.0125. The van der Waals surface area contributed by atoms with Gasteiger partial charge in [-0.3, -0.25) is 14.3 Å². The Balaban J connectivity index is 1.74. The van der Waals surface area contributed by atoms with E-state index in [1.165, 1.54) is 0 Å². The van der Waals surface area contributed by atoms with Crippen molar-refractivity contribution in [1.29, 1.82) is 0 Å². The second-order valence-electron chi connectivity index (χ2n) is 6.47. The van der Waals surface area contributed by atoms with Crippen molar-refractivity contribution < 1.29 is 9.59 Å². The lowest BCUT2D eigenvalue weighted by atomic mass is 10.3. The Morgan fingerprint density at radius 2 is 1.82 bits per heavy atom. The Hall–Kier alpha value is -3.42. The van der Waals surface area contributed by atoms with Crippen molar-refractivity contribution in [3.63, 3.8) is 0 Å². The number of aryl methyl sites for hydroxylation is 2. The van der Waals surface area contributed by atoms with Crippen LogP contribution in [0.5, 0.6) is 0 Å². The average molecular weight is 380 g/mol. The number of carbonyl (C=O) groups excluding carboxylic acids is 2. The van der Waals surface area contributed by atoms with Crippen LogP contribution in [0.25, 0.3) is 5.69 Å². The molecule has 0 fully saturated rings. The van der Waals surface area contributed by atoms with Gasteiger partial charge in [-0.15, -0.1) is 0 Å². The molecule has 8 heteroatoms. The number of nitrogens with one attached hydrogen (secondary N) is 2. The number of hydrogen-bond donors (Lipinski definition) is 2. The number of anilines is 1. The van der Waals surface area contributed by atoms with Crippen molar-refractivity contribution in [2.45, 2.75) is 33.7 Å². The van der Waals surface area contributed by atoms with Crippen LogP contribution in [0.1, 0.15) is 35.2 Å². The minimum absolute atomic E-state index is 0.145. The summed E-state index contributed by atoms with van der Waals surface area (Å²) < 4.78 is 3.41. The summed E-state index contributed by atoms with van der Waals surface area (Å²) in [6, 6.07) is 12.9. The fourth-order valence-electron chi connectivity index (χ4n) is 2.85. The average Bonchev–Trinajstić information content (AvgIpc) is 3.25. The van der Waals surface area contributed by atoms with E-state index >= 15 is 0 Å². The zero-order valence-corrected chi connectivity index (χ0v) is 16.3. The van der Waals surface area contributed by atoms with Gasteiger partial charge in [-0.25, -0.2) is 4.68 Å². The second kappa shape index (κ2) is 8.51. The predicted octanol–water partition coefficient (Wildman–Crippen LogP) is 2.46. The Bertz CT molecular complexity index is 974. The number of para-hydroxylation sites is 1. The van der Waals surface area contributed by atoms with E-state index in [9.17, 15) is 9.59 Å². The first kappa shape index (κ1) is 19.3. The molecule has 2 heterocycles. The molecule has 0 radical (unpaired) electrons. The van der Waals surface area contributed by atoms with E-state index in [1.807, 2.05) is 54.9 Å². The van der Waals surface area contributed by atoms with Crippen LogP contribution < -0.4 is 10.6 Å². The molecule has 0 aliphatic carbocycles. The van der Waals surface area contributed by atoms with Crippen LogP contribution in [-0.2, 0) is 11.3 Å². The van der Waals surface area contributed by atoms with Crippen LogP contribution in [0.3, 0.4) is 0 Å². The molecule has 0 atom stereocenters. The number of carbonyl (C=O) groups is 2. The lowest BCUT2D eigenvalue weighted by molar-refractivity contribution is -0.115. The molecule has 3 rings (SSSR count). The number of benzene rings is 1. The summed E-state index contributed by atoms with van der Waals surface area (Å²) in [6.45, 7) is 6.68. The smallest absolute Gasteiger partial charge is 0.271 e. The zero-order valence-electron chi connectivity index (χ0n) is 16.3. The van der Waals surface area contributed by atoms with Gasteiger partial charge in [-0.1, -0.05) is 25.1 Å². The van der Waals surface area contributed by atoms with E-state index in [4.69, 9.17) is 0 Å². The normalized spacial score (nSPS) is 10.7. The predicted molar refractivity (Wildman–Crippen MR) is 107 cm³/mol. The van der Waals surface area contributed by atoms with Gasteiger partial charge in [-0.05, 0) is 32.0 Å². The zero-order chi connectivity index (χ0) is 20.1. The van der Waals surface area contributed by atoms with Crippen molar-refractivity contribution in [2.24, 2.45) is 0 Å². The third-order valence-electron chi connectivity index (χ3n) is 4.24. The fourth-order valence-corrected chi connectivity index (χ4v) is 2.85.